The second kappa shape index (κ2) is 3.55. The Morgan fingerprint density at radius 2 is 2.00 bits per heavy atom. The Labute approximate surface area is 73.6 Å². The molecule has 1 aliphatic rings. The zero-order valence-corrected chi connectivity index (χ0v) is 8.21. The topological polar surface area (TPSA) is 40.6 Å². The lowest BCUT2D eigenvalue weighted by molar-refractivity contribution is 0.394. The minimum absolute atomic E-state index is 0.501. The van der Waals surface area contributed by atoms with Crippen molar-refractivity contribution in [2.24, 2.45) is 0 Å². The van der Waals surface area contributed by atoms with Crippen molar-refractivity contribution in [2.45, 2.75) is 6.42 Å². The van der Waals surface area contributed by atoms with Gasteiger partial charge in [0.15, 0.2) is 0 Å². The molecule has 0 saturated heterocycles. The van der Waals surface area contributed by atoms with Gasteiger partial charge in [-0.15, -0.1) is 0 Å². The minimum atomic E-state index is -3.18. The Bertz CT molecular complexity index is 269. The molecule has 0 N–H and O–H groups in total. The Hall–Kier alpha value is -0.390. The molecule has 70 valence electrons. The molecule has 4 nitrogen and oxygen atoms in total. The molecule has 0 aromatic heterocycles. The lowest BCUT2D eigenvalue weighted by atomic mass is 10.3. The van der Waals surface area contributed by atoms with Crippen LogP contribution in [0.2, 0.25) is 0 Å². The van der Waals surface area contributed by atoms with Gasteiger partial charge in [-0.25, -0.2) is 0 Å². The van der Waals surface area contributed by atoms with Crippen LogP contribution in [0.3, 0.4) is 0 Å². The smallest absolute Gasteiger partial charge is 0.195 e. The van der Waals surface area contributed by atoms with E-state index in [1.54, 1.807) is 14.1 Å². The maximum Gasteiger partial charge on any atom is 0.281 e. The number of nitrogens with zero attached hydrogens (tertiary/aromatic N) is 2. The van der Waals surface area contributed by atoms with Crippen molar-refractivity contribution < 1.29 is 8.42 Å². The van der Waals surface area contributed by atoms with E-state index >= 15 is 0 Å². The molecule has 0 saturated carbocycles. The van der Waals surface area contributed by atoms with Crippen molar-refractivity contribution in [3.8, 4) is 0 Å². The van der Waals surface area contributed by atoms with Crippen molar-refractivity contribution in [1.29, 1.82) is 0 Å². The summed E-state index contributed by atoms with van der Waals surface area (Å²) in [4.78, 5) is 0. The molecule has 12 heavy (non-hydrogen) atoms. The molecule has 1 aliphatic heterocycles. The Morgan fingerprint density at radius 1 is 1.33 bits per heavy atom. The monoisotopic (exact) mass is 190 g/mol. The Balaban J connectivity index is 2.76. The maximum atomic E-state index is 11.5. The van der Waals surface area contributed by atoms with Crippen molar-refractivity contribution >= 4 is 10.2 Å². The van der Waals surface area contributed by atoms with Crippen LogP contribution in [0.1, 0.15) is 6.42 Å². The van der Waals surface area contributed by atoms with Gasteiger partial charge < -0.3 is 0 Å². The third-order valence-electron chi connectivity index (χ3n) is 1.81. The van der Waals surface area contributed by atoms with Crippen LogP contribution >= 0.6 is 0 Å². The van der Waals surface area contributed by atoms with Crippen molar-refractivity contribution in [3.05, 3.63) is 12.2 Å². The molecule has 5 heteroatoms. The fraction of sp³-hybridized carbons (Fsp3) is 0.714. The van der Waals surface area contributed by atoms with Gasteiger partial charge in [0, 0.05) is 27.2 Å². The zero-order chi connectivity index (χ0) is 9.19. The third kappa shape index (κ3) is 1.85. The lowest BCUT2D eigenvalue weighted by Gasteiger charge is -2.25. The van der Waals surface area contributed by atoms with Crippen molar-refractivity contribution in [3.63, 3.8) is 0 Å². The summed E-state index contributed by atoms with van der Waals surface area (Å²) in [5.74, 6) is 0. The molecule has 0 spiro atoms. The van der Waals surface area contributed by atoms with Crippen LogP contribution < -0.4 is 0 Å². The number of hydrogen-bond donors (Lipinski definition) is 0. The predicted octanol–water partition coefficient (Wildman–Crippen LogP) is 0.0547. The number of hydrogen-bond acceptors (Lipinski definition) is 2. The quantitative estimate of drug-likeness (QED) is 0.577. The van der Waals surface area contributed by atoms with Crippen LogP contribution in [0.15, 0.2) is 12.2 Å². The first-order valence-corrected chi connectivity index (χ1v) is 5.27. The van der Waals surface area contributed by atoms with Crippen LogP contribution in [0, 0.1) is 0 Å². The summed E-state index contributed by atoms with van der Waals surface area (Å²) in [6.07, 6.45) is 4.69. The summed E-state index contributed by atoms with van der Waals surface area (Å²) in [5.41, 5.74) is 0. The summed E-state index contributed by atoms with van der Waals surface area (Å²) >= 11 is 0. The van der Waals surface area contributed by atoms with Crippen LogP contribution in [-0.2, 0) is 10.2 Å². The second-order valence-corrected chi connectivity index (χ2v) is 5.05. The molecular weight excluding hydrogens is 176 g/mol. The first-order chi connectivity index (χ1) is 5.55. The molecule has 0 aromatic carbocycles. The van der Waals surface area contributed by atoms with Gasteiger partial charge in [-0.3, -0.25) is 0 Å². The molecule has 0 aliphatic carbocycles. The van der Waals surface area contributed by atoms with Gasteiger partial charge in [-0.2, -0.15) is 17.0 Å². The van der Waals surface area contributed by atoms with Crippen LogP contribution in [0.4, 0.5) is 0 Å². The molecule has 0 bridgehead atoms. The third-order valence-corrected chi connectivity index (χ3v) is 3.72. The van der Waals surface area contributed by atoms with Gasteiger partial charge in [-0.1, -0.05) is 12.2 Å². The molecule has 0 atom stereocenters. The largest absolute Gasteiger partial charge is 0.281 e. The molecule has 0 amide bonds. The lowest BCUT2D eigenvalue weighted by Crippen LogP contribution is -2.41. The Morgan fingerprint density at radius 3 is 2.42 bits per heavy atom. The van der Waals surface area contributed by atoms with E-state index in [2.05, 4.69) is 0 Å². The van der Waals surface area contributed by atoms with Crippen LogP contribution in [0.5, 0.6) is 0 Å². The average Bonchev–Trinajstić information content (AvgIpc) is 2.06. The van der Waals surface area contributed by atoms with Gasteiger partial charge in [0.2, 0.25) is 0 Å². The van der Waals surface area contributed by atoms with E-state index in [4.69, 9.17) is 0 Å². The summed E-state index contributed by atoms with van der Waals surface area (Å²) < 4.78 is 25.7. The van der Waals surface area contributed by atoms with E-state index in [9.17, 15) is 8.42 Å². The number of rotatable bonds is 2. The minimum Gasteiger partial charge on any atom is -0.195 e. The van der Waals surface area contributed by atoms with Crippen molar-refractivity contribution in [1.82, 2.24) is 8.61 Å². The maximum absolute atomic E-state index is 11.5. The molecule has 0 fully saturated rings. The molecule has 1 heterocycles. The molecular formula is C7H14N2O2S. The highest BCUT2D eigenvalue weighted by Crippen LogP contribution is 2.09. The highest BCUT2D eigenvalue weighted by Gasteiger charge is 2.23. The van der Waals surface area contributed by atoms with Gasteiger partial charge in [0.25, 0.3) is 10.2 Å². The highest BCUT2D eigenvalue weighted by molar-refractivity contribution is 7.86. The van der Waals surface area contributed by atoms with E-state index in [1.807, 2.05) is 12.2 Å². The van der Waals surface area contributed by atoms with Crippen LogP contribution in [-0.4, -0.2) is 44.2 Å². The standard InChI is InChI=1S/C7H14N2O2S/c1-8(2)12(10,11)9-6-4-3-5-7-9/h3-4H,5-7H2,1-2H3. The molecule has 0 aromatic rings. The first kappa shape index (κ1) is 9.70. The first-order valence-electron chi connectivity index (χ1n) is 3.88. The molecule has 0 unspecified atom stereocenters. The van der Waals surface area contributed by atoms with E-state index < -0.39 is 10.2 Å². The molecule has 0 radical (unpaired) electrons. The summed E-state index contributed by atoms with van der Waals surface area (Å²) in [5, 5.41) is 0. The SMILES string of the molecule is CN(C)S(=O)(=O)N1CC=CCC1. The van der Waals surface area contributed by atoms with Crippen LogP contribution in [0.25, 0.3) is 0 Å². The fourth-order valence-corrected chi connectivity index (χ4v) is 2.13. The van der Waals surface area contributed by atoms with Crippen molar-refractivity contribution in [2.75, 3.05) is 27.2 Å². The molecule has 1 rings (SSSR count). The van der Waals surface area contributed by atoms with E-state index in [-0.39, 0.29) is 0 Å². The van der Waals surface area contributed by atoms with E-state index in [1.165, 1.54) is 8.61 Å². The Kier molecular flexibility index (Phi) is 2.87. The van der Waals surface area contributed by atoms with Gasteiger partial charge >= 0.3 is 0 Å². The fourth-order valence-electron chi connectivity index (χ4n) is 1.06. The van der Waals surface area contributed by atoms with Gasteiger partial charge in [0.05, 0.1) is 0 Å². The predicted molar refractivity (Wildman–Crippen MR) is 47.9 cm³/mol. The van der Waals surface area contributed by atoms with Gasteiger partial charge in [-0.05, 0) is 6.42 Å². The van der Waals surface area contributed by atoms with E-state index in [0.717, 1.165) is 6.42 Å². The summed E-state index contributed by atoms with van der Waals surface area (Å²) in [6.45, 7) is 1.09. The van der Waals surface area contributed by atoms with Gasteiger partial charge in [0.1, 0.15) is 0 Å². The summed E-state index contributed by atoms with van der Waals surface area (Å²) in [7, 11) is -0.0860. The second-order valence-electron chi connectivity index (χ2n) is 2.91. The zero-order valence-electron chi connectivity index (χ0n) is 7.40. The average molecular weight is 190 g/mol. The normalized spacial score (nSPS) is 20.2. The highest BCUT2D eigenvalue weighted by atomic mass is 32.2. The van der Waals surface area contributed by atoms with E-state index in [0.29, 0.717) is 13.1 Å². The summed E-state index contributed by atoms with van der Waals surface area (Å²) in [6, 6.07) is 0.